The molecule has 1 saturated heterocycles. The van der Waals surface area contributed by atoms with E-state index in [2.05, 4.69) is 15.6 Å². The zero-order valence-corrected chi connectivity index (χ0v) is 9.33. The Labute approximate surface area is 97.2 Å². The van der Waals surface area contributed by atoms with Gasteiger partial charge in [0.15, 0.2) is 5.82 Å². The van der Waals surface area contributed by atoms with Crippen LogP contribution in [-0.4, -0.2) is 50.1 Å². The van der Waals surface area contributed by atoms with Gasteiger partial charge in [0.05, 0.1) is 12.2 Å². The minimum absolute atomic E-state index is 0.0129. The molecule has 1 aliphatic rings. The lowest BCUT2D eigenvalue weighted by Crippen LogP contribution is -2.27. The second kappa shape index (κ2) is 4.40. The highest BCUT2D eigenvalue weighted by Crippen LogP contribution is 2.21. The summed E-state index contributed by atoms with van der Waals surface area (Å²) in [6.45, 7) is 2.29. The molecule has 1 aliphatic heterocycles. The number of nitrogens with one attached hydrogen (secondary N) is 1. The summed E-state index contributed by atoms with van der Waals surface area (Å²) in [6.07, 6.45) is 1.39. The molecular formula is C9H13N5O3. The van der Waals surface area contributed by atoms with Gasteiger partial charge >= 0.3 is 6.09 Å². The van der Waals surface area contributed by atoms with Crippen molar-refractivity contribution in [3.05, 3.63) is 6.20 Å². The van der Waals surface area contributed by atoms with E-state index in [0.717, 1.165) is 0 Å². The molecule has 1 aromatic rings. The fourth-order valence-corrected chi connectivity index (χ4v) is 1.82. The number of carbonyl (C=O) groups is 2. The molecule has 1 atom stereocenters. The van der Waals surface area contributed by atoms with Gasteiger partial charge in [-0.3, -0.25) is 4.79 Å². The van der Waals surface area contributed by atoms with E-state index in [1.807, 2.05) is 0 Å². The van der Waals surface area contributed by atoms with Gasteiger partial charge in [0.1, 0.15) is 0 Å². The quantitative estimate of drug-likeness (QED) is 0.765. The van der Waals surface area contributed by atoms with Crippen molar-refractivity contribution in [1.82, 2.24) is 19.9 Å². The number of hydrogen-bond acceptors (Lipinski definition) is 4. The molecule has 92 valence electrons. The maximum absolute atomic E-state index is 10.8. The second-order valence-electron chi connectivity index (χ2n) is 3.94. The maximum atomic E-state index is 10.8. The summed E-state index contributed by atoms with van der Waals surface area (Å²) in [4.78, 5) is 22.9. The first-order valence-electron chi connectivity index (χ1n) is 5.23. The van der Waals surface area contributed by atoms with Crippen LogP contribution in [0.5, 0.6) is 0 Å². The van der Waals surface area contributed by atoms with Gasteiger partial charge in [-0.15, -0.1) is 5.10 Å². The fraction of sp³-hybridized carbons (Fsp3) is 0.556. The number of nitrogens with zero attached hydrogens (tertiary/aromatic N) is 4. The molecular weight excluding hydrogens is 226 g/mol. The van der Waals surface area contributed by atoms with E-state index < -0.39 is 6.09 Å². The highest BCUT2D eigenvalue weighted by atomic mass is 16.4. The number of anilines is 1. The van der Waals surface area contributed by atoms with Crippen LogP contribution in [0.15, 0.2) is 6.20 Å². The summed E-state index contributed by atoms with van der Waals surface area (Å²) in [5, 5.41) is 19.0. The van der Waals surface area contributed by atoms with Gasteiger partial charge in [0, 0.05) is 20.0 Å². The van der Waals surface area contributed by atoms with Gasteiger partial charge < -0.3 is 15.3 Å². The number of rotatable bonds is 2. The van der Waals surface area contributed by atoms with E-state index in [0.29, 0.717) is 25.3 Å². The van der Waals surface area contributed by atoms with Gasteiger partial charge in [-0.1, -0.05) is 5.21 Å². The topological polar surface area (TPSA) is 100 Å². The minimum atomic E-state index is -0.922. The molecule has 8 heteroatoms. The molecule has 1 aromatic heterocycles. The highest BCUT2D eigenvalue weighted by molar-refractivity contribution is 5.87. The number of hydrogen-bond donors (Lipinski definition) is 2. The number of carboxylic acid groups (broad SMARTS) is 1. The SMILES string of the molecule is CC(=O)Nc1cn(C2CCN(C(=O)O)C2)nn1. The van der Waals surface area contributed by atoms with Crippen LogP contribution in [0.2, 0.25) is 0 Å². The number of aromatic nitrogens is 3. The molecule has 0 bridgehead atoms. The van der Waals surface area contributed by atoms with Crippen LogP contribution in [0.1, 0.15) is 19.4 Å². The van der Waals surface area contributed by atoms with Crippen molar-refractivity contribution in [1.29, 1.82) is 0 Å². The Morgan fingerprint density at radius 3 is 2.94 bits per heavy atom. The molecule has 2 amide bonds. The van der Waals surface area contributed by atoms with Crippen LogP contribution >= 0.6 is 0 Å². The Morgan fingerprint density at radius 2 is 2.35 bits per heavy atom. The molecule has 0 spiro atoms. The normalized spacial score (nSPS) is 19.4. The molecule has 0 radical (unpaired) electrons. The van der Waals surface area contributed by atoms with Crippen molar-refractivity contribution in [2.24, 2.45) is 0 Å². The summed E-state index contributed by atoms with van der Waals surface area (Å²) >= 11 is 0. The molecule has 2 N–H and O–H groups in total. The first kappa shape index (κ1) is 11.4. The maximum Gasteiger partial charge on any atom is 0.407 e. The molecule has 2 rings (SSSR count). The average Bonchev–Trinajstić information content (AvgIpc) is 2.83. The third-order valence-electron chi connectivity index (χ3n) is 2.62. The third kappa shape index (κ3) is 2.52. The number of amides is 2. The van der Waals surface area contributed by atoms with Crippen molar-refractivity contribution in [3.8, 4) is 0 Å². The monoisotopic (exact) mass is 239 g/mol. The van der Waals surface area contributed by atoms with E-state index in [9.17, 15) is 9.59 Å². The first-order chi connectivity index (χ1) is 8.06. The lowest BCUT2D eigenvalue weighted by atomic mass is 10.3. The molecule has 2 heterocycles. The second-order valence-corrected chi connectivity index (χ2v) is 3.94. The zero-order chi connectivity index (χ0) is 12.4. The van der Waals surface area contributed by atoms with Crippen molar-refractivity contribution in [3.63, 3.8) is 0 Å². The van der Waals surface area contributed by atoms with Crippen LogP contribution in [0.3, 0.4) is 0 Å². The van der Waals surface area contributed by atoms with Gasteiger partial charge in [-0.25, -0.2) is 9.48 Å². The van der Waals surface area contributed by atoms with Gasteiger partial charge in [-0.05, 0) is 6.42 Å². The van der Waals surface area contributed by atoms with Crippen molar-refractivity contribution < 1.29 is 14.7 Å². The average molecular weight is 239 g/mol. The predicted octanol–water partition coefficient (Wildman–Crippen LogP) is 0.161. The lowest BCUT2D eigenvalue weighted by molar-refractivity contribution is -0.114. The summed E-state index contributed by atoms with van der Waals surface area (Å²) in [7, 11) is 0. The fourth-order valence-electron chi connectivity index (χ4n) is 1.82. The van der Waals surface area contributed by atoms with Crippen LogP contribution in [-0.2, 0) is 4.79 Å². The predicted molar refractivity (Wildman–Crippen MR) is 57.6 cm³/mol. The Bertz CT molecular complexity index is 444. The molecule has 1 fully saturated rings. The molecule has 1 unspecified atom stereocenters. The Hall–Kier alpha value is -2.12. The van der Waals surface area contributed by atoms with E-state index in [1.165, 1.54) is 11.8 Å². The van der Waals surface area contributed by atoms with Gasteiger partial charge in [-0.2, -0.15) is 0 Å². The van der Waals surface area contributed by atoms with Crippen molar-refractivity contribution in [2.45, 2.75) is 19.4 Å². The summed E-state index contributed by atoms with van der Waals surface area (Å²) in [5.41, 5.74) is 0. The summed E-state index contributed by atoms with van der Waals surface area (Å²) in [5.74, 6) is 0.168. The number of carbonyl (C=O) groups excluding carboxylic acids is 1. The molecule has 17 heavy (non-hydrogen) atoms. The summed E-state index contributed by atoms with van der Waals surface area (Å²) in [6, 6.07) is -0.0129. The van der Waals surface area contributed by atoms with Crippen LogP contribution in [0.25, 0.3) is 0 Å². The zero-order valence-electron chi connectivity index (χ0n) is 9.33. The molecule has 0 aromatic carbocycles. The van der Waals surface area contributed by atoms with E-state index >= 15 is 0 Å². The molecule has 0 aliphatic carbocycles. The van der Waals surface area contributed by atoms with E-state index in [-0.39, 0.29) is 11.9 Å². The smallest absolute Gasteiger partial charge is 0.407 e. The van der Waals surface area contributed by atoms with Crippen LogP contribution < -0.4 is 5.32 Å². The van der Waals surface area contributed by atoms with Crippen molar-refractivity contribution in [2.75, 3.05) is 18.4 Å². The van der Waals surface area contributed by atoms with Crippen molar-refractivity contribution >= 4 is 17.8 Å². The van der Waals surface area contributed by atoms with E-state index in [4.69, 9.17) is 5.11 Å². The Balaban J connectivity index is 2.01. The Kier molecular flexibility index (Phi) is 2.94. The first-order valence-corrected chi connectivity index (χ1v) is 5.23. The highest BCUT2D eigenvalue weighted by Gasteiger charge is 2.27. The van der Waals surface area contributed by atoms with Crippen LogP contribution in [0.4, 0.5) is 10.6 Å². The molecule has 0 saturated carbocycles. The lowest BCUT2D eigenvalue weighted by Gasteiger charge is -2.11. The third-order valence-corrected chi connectivity index (χ3v) is 2.62. The number of likely N-dealkylation sites (tertiary alicyclic amines) is 1. The largest absolute Gasteiger partial charge is 0.465 e. The van der Waals surface area contributed by atoms with E-state index in [1.54, 1.807) is 10.9 Å². The molecule has 8 nitrogen and oxygen atoms in total. The van der Waals surface area contributed by atoms with Gasteiger partial charge in [0.25, 0.3) is 0 Å². The standard InChI is InChI=1S/C9H13N5O3/c1-6(15)10-8-5-14(12-11-8)7-2-3-13(4-7)9(16)17/h5,7H,2-4H2,1H3,(H,10,15)(H,16,17). The van der Waals surface area contributed by atoms with Gasteiger partial charge in [0.2, 0.25) is 5.91 Å². The minimum Gasteiger partial charge on any atom is -0.465 e. The van der Waals surface area contributed by atoms with Crippen LogP contribution in [0, 0.1) is 0 Å². The Morgan fingerprint density at radius 1 is 1.59 bits per heavy atom. The summed E-state index contributed by atoms with van der Waals surface area (Å²) < 4.78 is 1.59.